The molecular formula is C13H12F2N2OS. The summed E-state index contributed by atoms with van der Waals surface area (Å²) in [7, 11) is 1.60. The summed E-state index contributed by atoms with van der Waals surface area (Å²) in [6.45, 7) is 1.75. The lowest BCUT2D eigenvalue weighted by Crippen LogP contribution is -2.30. The lowest BCUT2D eigenvalue weighted by Gasteiger charge is -2.24. The van der Waals surface area contributed by atoms with E-state index < -0.39 is 11.6 Å². The Bertz CT molecular complexity index is 586. The van der Waals surface area contributed by atoms with E-state index in [-0.39, 0.29) is 11.9 Å². The van der Waals surface area contributed by atoms with Gasteiger partial charge in [-0.3, -0.25) is 4.79 Å². The molecule has 0 aliphatic heterocycles. The van der Waals surface area contributed by atoms with Crippen molar-refractivity contribution in [2.75, 3.05) is 7.05 Å². The first kappa shape index (κ1) is 13.6. The maximum Gasteiger partial charge on any atom is 0.273 e. The van der Waals surface area contributed by atoms with Crippen LogP contribution in [0.2, 0.25) is 0 Å². The number of rotatable bonds is 3. The largest absolute Gasteiger partial charge is 0.334 e. The Balaban J connectivity index is 2.21. The Morgan fingerprint density at radius 2 is 2.11 bits per heavy atom. The highest BCUT2D eigenvalue weighted by molar-refractivity contribution is 7.07. The highest BCUT2D eigenvalue weighted by Crippen LogP contribution is 2.22. The first-order chi connectivity index (χ1) is 9.00. The van der Waals surface area contributed by atoms with Crippen molar-refractivity contribution in [3.63, 3.8) is 0 Å². The van der Waals surface area contributed by atoms with Crippen molar-refractivity contribution < 1.29 is 13.6 Å². The monoisotopic (exact) mass is 282 g/mol. The second-order valence-corrected chi connectivity index (χ2v) is 4.86. The molecule has 0 N–H and O–H groups in total. The van der Waals surface area contributed by atoms with Crippen molar-refractivity contribution >= 4 is 17.2 Å². The summed E-state index contributed by atoms with van der Waals surface area (Å²) in [5.74, 6) is -2.07. The standard InChI is InChI=1S/C13H12F2N2OS/c1-8(9-3-4-10(14)11(15)5-9)17(2)13(18)12-6-19-7-16-12/h3-8H,1-2H3. The van der Waals surface area contributed by atoms with E-state index in [1.54, 1.807) is 24.9 Å². The van der Waals surface area contributed by atoms with Crippen molar-refractivity contribution in [1.82, 2.24) is 9.88 Å². The highest BCUT2D eigenvalue weighted by atomic mass is 32.1. The zero-order valence-corrected chi connectivity index (χ0v) is 11.2. The van der Waals surface area contributed by atoms with Gasteiger partial charge in [-0.2, -0.15) is 0 Å². The first-order valence-corrected chi connectivity index (χ1v) is 6.55. The summed E-state index contributed by atoms with van der Waals surface area (Å²) >= 11 is 1.33. The molecular weight excluding hydrogens is 270 g/mol. The molecule has 3 nitrogen and oxygen atoms in total. The minimum absolute atomic E-state index is 0.251. The topological polar surface area (TPSA) is 33.2 Å². The Kier molecular flexibility index (Phi) is 3.90. The predicted molar refractivity (Wildman–Crippen MR) is 69.0 cm³/mol. The van der Waals surface area contributed by atoms with Gasteiger partial charge in [0.25, 0.3) is 5.91 Å². The summed E-state index contributed by atoms with van der Waals surface area (Å²) in [6, 6.07) is 3.26. The number of hydrogen-bond acceptors (Lipinski definition) is 3. The molecule has 6 heteroatoms. The molecule has 1 atom stereocenters. The molecule has 1 aromatic carbocycles. The van der Waals surface area contributed by atoms with Crippen molar-refractivity contribution in [3.05, 3.63) is 52.0 Å². The van der Waals surface area contributed by atoms with Crippen LogP contribution in [0.15, 0.2) is 29.1 Å². The van der Waals surface area contributed by atoms with Gasteiger partial charge in [-0.05, 0) is 24.6 Å². The number of benzene rings is 1. The van der Waals surface area contributed by atoms with Crippen molar-refractivity contribution in [2.45, 2.75) is 13.0 Å². The van der Waals surface area contributed by atoms with Crippen LogP contribution in [-0.2, 0) is 0 Å². The molecule has 100 valence electrons. The van der Waals surface area contributed by atoms with Gasteiger partial charge in [0, 0.05) is 12.4 Å². The number of aromatic nitrogens is 1. The molecule has 0 aliphatic rings. The van der Waals surface area contributed by atoms with Gasteiger partial charge in [-0.15, -0.1) is 11.3 Å². The zero-order valence-electron chi connectivity index (χ0n) is 10.4. The van der Waals surface area contributed by atoms with Crippen molar-refractivity contribution in [1.29, 1.82) is 0 Å². The van der Waals surface area contributed by atoms with E-state index in [0.29, 0.717) is 11.3 Å². The molecule has 0 saturated carbocycles. The maximum absolute atomic E-state index is 13.2. The van der Waals surface area contributed by atoms with Gasteiger partial charge < -0.3 is 4.90 Å². The van der Waals surface area contributed by atoms with E-state index in [1.807, 2.05) is 0 Å². The summed E-state index contributed by atoms with van der Waals surface area (Å²) in [5.41, 5.74) is 2.45. The second kappa shape index (κ2) is 5.44. The van der Waals surface area contributed by atoms with E-state index in [4.69, 9.17) is 0 Å². The quantitative estimate of drug-likeness (QED) is 0.865. The van der Waals surface area contributed by atoms with Gasteiger partial charge in [0.2, 0.25) is 0 Å². The van der Waals surface area contributed by atoms with Crippen molar-refractivity contribution in [3.8, 4) is 0 Å². The molecule has 0 saturated heterocycles. The van der Waals surface area contributed by atoms with Gasteiger partial charge in [0.1, 0.15) is 5.69 Å². The van der Waals surface area contributed by atoms with E-state index in [0.717, 1.165) is 12.1 Å². The highest BCUT2D eigenvalue weighted by Gasteiger charge is 2.21. The Morgan fingerprint density at radius 1 is 1.37 bits per heavy atom. The molecule has 0 aliphatic carbocycles. The van der Waals surface area contributed by atoms with Crippen LogP contribution in [0.4, 0.5) is 8.78 Å². The third kappa shape index (κ3) is 2.78. The van der Waals surface area contributed by atoms with E-state index in [1.165, 1.54) is 22.3 Å². The summed E-state index contributed by atoms with van der Waals surface area (Å²) in [6.07, 6.45) is 0. The fourth-order valence-corrected chi connectivity index (χ4v) is 2.20. The minimum atomic E-state index is -0.918. The third-order valence-corrected chi connectivity index (χ3v) is 3.57. The Morgan fingerprint density at radius 3 is 2.68 bits per heavy atom. The normalized spacial score (nSPS) is 12.2. The number of thiazole rings is 1. The van der Waals surface area contributed by atoms with Crippen LogP contribution in [0.1, 0.15) is 29.0 Å². The van der Waals surface area contributed by atoms with E-state index in [2.05, 4.69) is 4.98 Å². The number of carbonyl (C=O) groups is 1. The molecule has 0 bridgehead atoms. The third-order valence-electron chi connectivity index (χ3n) is 2.98. The number of hydrogen-bond donors (Lipinski definition) is 0. The van der Waals surface area contributed by atoms with Crippen LogP contribution in [0.25, 0.3) is 0 Å². The predicted octanol–water partition coefficient (Wildman–Crippen LogP) is 3.25. The number of halogens is 2. The van der Waals surface area contributed by atoms with Crippen LogP contribution >= 0.6 is 11.3 Å². The molecule has 19 heavy (non-hydrogen) atoms. The molecule has 0 radical (unpaired) electrons. The van der Waals surface area contributed by atoms with Gasteiger partial charge >= 0.3 is 0 Å². The molecule has 0 fully saturated rings. The van der Waals surface area contributed by atoms with Gasteiger partial charge in [-0.25, -0.2) is 13.8 Å². The Hall–Kier alpha value is -1.82. The van der Waals surface area contributed by atoms with Crippen molar-refractivity contribution in [2.24, 2.45) is 0 Å². The smallest absolute Gasteiger partial charge is 0.273 e. The molecule has 2 aromatic rings. The molecule has 0 spiro atoms. The fourth-order valence-electron chi connectivity index (χ4n) is 1.67. The van der Waals surface area contributed by atoms with Crippen LogP contribution in [0.5, 0.6) is 0 Å². The first-order valence-electron chi connectivity index (χ1n) is 5.61. The van der Waals surface area contributed by atoms with E-state index >= 15 is 0 Å². The average Bonchev–Trinajstić information content (AvgIpc) is 2.93. The molecule has 1 amide bonds. The van der Waals surface area contributed by atoms with Gasteiger partial charge in [0.05, 0.1) is 11.6 Å². The number of nitrogens with zero attached hydrogens (tertiary/aromatic N) is 2. The average molecular weight is 282 g/mol. The molecule has 1 heterocycles. The Labute approximate surface area is 113 Å². The van der Waals surface area contributed by atoms with Crippen LogP contribution < -0.4 is 0 Å². The van der Waals surface area contributed by atoms with Gasteiger partial charge in [-0.1, -0.05) is 6.07 Å². The van der Waals surface area contributed by atoms with Crippen LogP contribution in [0.3, 0.4) is 0 Å². The number of carbonyl (C=O) groups excluding carboxylic acids is 1. The lowest BCUT2D eigenvalue weighted by atomic mass is 10.1. The molecule has 1 unspecified atom stereocenters. The minimum Gasteiger partial charge on any atom is -0.334 e. The van der Waals surface area contributed by atoms with Crippen LogP contribution in [0, 0.1) is 11.6 Å². The SMILES string of the molecule is CC(c1ccc(F)c(F)c1)N(C)C(=O)c1cscn1. The number of amides is 1. The second-order valence-electron chi connectivity index (χ2n) is 4.14. The summed E-state index contributed by atoms with van der Waals surface area (Å²) in [4.78, 5) is 17.5. The molecule has 1 aromatic heterocycles. The van der Waals surface area contributed by atoms with Crippen LogP contribution in [-0.4, -0.2) is 22.8 Å². The summed E-state index contributed by atoms with van der Waals surface area (Å²) < 4.78 is 26.1. The molecule has 2 rings (SSSR count). The fraction of sp³-hybridized carbons (Fsp3) is 0.231. The summed E-state index contributed by atoms with van der Waals surface area (Å²) in [5, 5.41) is 1.65. The maximum atomic E-state index is 13.2. The lowest BCUT2D eigenvalue weighted by molar-refractivity contribution is 0.0737. The van der Waals surface area contributed by atoms with E-state index in [9.17, 15) is 13.6 Å². The zero-order chi connectivity index (χ0) is 14.0. The van der Waals surface area contributed by atoms with Gasteiger partial charge in [0.15, 0.2) is 11.6 Å².